The lowest BCUT2D eigenvalue weighted by atomic mass is 10.1. The van der Waals surface area contributed by atoms with Crippen LogP contribution in [0.1, 0.15) is 23.4 Å². The van der Waals surface area contributed by atoms with Crippen LogP contribution in [0.15, 0.2) is 24.3 Å². The molecule has 0 saturated carbocycles. The normalized spacial score (nSPS) is 14.0. The summed E-state index contributed by atoms with van der Waals surface area (Å²) < 4.78 is 17.5. The summed E-state index contributed by atoms with van der Waals surface area (Å²) in [6, 6.07) is 7.66. The molecule has 1 saturated heterocycles. The number of aromatic nitrogens is 2. The van der Waals surface area contributed by atoms with Crippen LogP contribution < -0.4 is 4.74 Å². The molecule has 1 aromatic carbocycles. The average Bonchev–Trinajstić information content (AvgIpc) is 3.04. The first kappa shape index (κ1) is 20.9. The zero-order valence-corrected chi connectivity index (χ0v) is 17.1. The van der Waals surface area contributed by atoms with Gasteiger partial charge in [-0.15, -0.1) is 0 Å². The molecule has 0 spiro atoms. The summed E-state index contributed by atoms with van der Waals surface area (Å²) >= 11 is 0. The van der Waals surface area contributed by atoms with E-state index in [2.05, 4.69) is 5.10 Å². The third kappa shape index (κ3) is 5.14. The zero-order valence-electron chi connectivity index (χ0n) is 17.1. The van der Waals surface area contributed by atoms with E-state index in [1.54, 1.807) is 12.0 Å². The van der Waals surface area contributed by atoms with Gasteiger partial charge in [-0.25, -0.2) is 4.68 Å². The van der Waals surface area contributed by atoms with E-state index in [-0.39, 0.29) is 24.9 Å². The molecule has 2 heterocycles. The van der Waals surface area contributed by atoms with Crippen LogP contribution in [0.3, 0.4) is 0 Å². The molecule has 0 aliphatic carbocycles. The van der Waals surface area contributed by atoms with Gasteiger partial charge in [-0.1, -0.05) is 6.07 Å². The van der Waals surface area contributed by atoms with Gasteiger partial charge in [0, 0.05) is 31.3 Å². The van der Waals surface area contributed by atoms with Gasteiger partial charge in [0.05, 0.1) is 31.7 Å². The number of hydrogen-bond acceptors (Lipinski definition) is 6. The Labute approximate surface area is 170 Å². The Bertz CT molecular complexity index is 871. The van der Waals surface area contributed by atoms with Gasteiger partial charge in [-0.05, 0) is 38.0 Å². The maximum absolute atomic E-state index is 12.1. The van der Waals surface area contributed by atoms with Crippen molar-refractivity contribution in [3.63, 3.8) is 0 Å². The summed E-state index contributed by atoms with van der Waals surface area (Å²) in [6.07, 6.45) is 0.702. The lowest BCUT2D eigenvalue weighted by Crippen LogP contribution is -2.42. The number of hydrogen-bond donors (Lipinski definition) is 0. The second kappa shape index (κ2) is 9.56. The largest absolute Gasteiger partial charge is 0.497 e. The Morgan fingerprint density at radius 2 is 1.97 bits per heavy atom. The van der Waals surface area contributed by atoms with Crippen molar-refractivity contribution in [3.8, 4) is 11.4 Å². The second-order valence-corrected chi connectivity index (χ2v) is 6.92. The van der Waals surface area contributed by atoms with Gasteiger partial charge in [0.1, 0.15) is 5.75 Å². The summed E-state index contributed by atoms with van der Waals surface area (Å²) in [5.74, 6) is 0.185. The molecular weight excluding hydrogens is 374 g/mol. The molecule has 1 fully saturated rings. The highest BCUT2D eigenvalue weighted by Crippen LogP contribution is 2.22. The number of nitrogens with zero attached hydrogens (tertiary/aromatic N) is 3. The molecule has 1 aromatic heterocycles. The van der Waals surface area contributed by atoms with Gasteiger partial charge in [-0.2, -0.15) is 5.10 Å². The van der Waals surface area contributed by atoms with Crippen molar-refractivity contribution in [2.75, 3.05) is 40.0 Å². The van der Waals surface area contributed by atoms with Gasteiger partial charge in [0.15, 0.2) is 6.61 Å². The number of rotatable bonds is 7. The summed E-state index contributed by atoms with van der Waals surface area (Å²) in [5, 5.41) is 4.61. The third-order valence-corrected chi connectivity index (χ3v) is 5.04. The van der Waals surface area contributed by atoms with Crippen LogP contribution in [0.5, 0.6) is 5.75 Å². The van der Waals surface area contributed by atoms with Crippen molar-refractivity contribution in [3.05, 3.63) is 41.2 Å². The number of carbonyl (C=O) groups is 2. The second-order valence-electron chi connectivity index (χ2n) is 6.92. The molecule has 8 nitrogen and oxygen atoms in total. The van der Waals surface area contributed by atoms with E-state index in [0.717, 1.165) is 28.4 Å². The van der Waals surface area contributed by atoms with E-state index >= 15 is 0 Å². The fourth-order valence-corrected chi connectivity index (χ4v) is 3.38. The molecule has 1 amide bonds. The van der Waals surface area contributed by atoms with Crippen LogP contribution >= 0.6 is 0 Å². The standard InChI is InChI=1S/C21H27N3O5/c1-15-19(16(2)24(22-15)17-5-4-6-18(13-17)27-3)7-8-21(26)29-14-20(25)23-9-11-28-12-10-23/h4-6,13H,7-12,14H2,1-3H3. The van der Waals surface area contributed by atoms with Gasteiger partial charge in [-0.3, -0.25) is 9.59 Å². The van der Waals surface area contributed by atoms with Crippen molar-refractivity contribution in [1.82, 2.24) is 14.7 Å². The fourth-order valence-electron chi connectivity index (χ4n) is 3.38. The molecule has 0 atom stereocenters. The molecule has 1 aliphatic rings. The highest BCUT2D eigenvalue weighted by atomic mass is 16.5. The van der Waals surface area contributed by atoms with Crippen molar-refractivity contribution >= 4 is 11.9 Å². The number of methoxy groups -OCH3 is 1. The molecule has 0 N–H and O–H groups in total. The fraction of sp³-hybridized carbons (Fsp3) is 0.476. The molecule has 8 heteroatoms. The molecule has 2 aromatic rings. The minimum Gasteiger partial charge on any atom is -0.497 e. The lowest BCUT2D eigenvalue weighted by molar-refractivity contribution is -0.153. The van der Waals surface area contributed by atoms with Crippen LogP contribution in [0.2, 0.25) is 0 Å². The number of benzene rings is 1. The van der Waals surface area contributed by atoms with Crippen molar-refractivity contribution in [2.24, 2.45) is 0 Å². The monoisotopic (exact) mass is 401 g/mol. The maximum Gasteiger partial charge on any atom is 0.306 e. The minimum absolute atomic E-state index is 0.181. The van der Waals surface area contributed by atoms with Crippen molar-refractivity contribution in [1.29, 1.82) is 0 Å². The number of esters is 1. The first-order valence-corrected chi connectivity index (χ1v) is 9.70. The first-order chi connectivity index (χ1) is 14.0. The highest BCUT2D eigenvalue weighted by Gasteiger charge is 2.19. The number of aryl methyl sites for hydroxylation is 1. The Morgan fingerprint density at radius 1 is 1.21 bits per heavy atom. The van der Waals surface area contributed by atoms with E-state index in [1.807, 2.05) is 42.8 Å². The lowest BCUT2D eigenvalue weighted by Gasteiger charge is -2.26. The van der Waals surface area contributed by atoms with E-state index in [1.165, 1.54) is 0 Å². The van der Waals surface area contributed by atoms with Crippen LogP contribution in [0.25, 0.3) is 5.69 Å². The predicted molar refractivity (Wildman–Crippen MR) is 106 cm³/mol. The summed E-state index contributed by atoms with van der Waals surface area (Å²) in [6.45, 7) is 5.80. The Balaban J connectivity index is 1.57. The number of carbonyl (C=O) groups excluding carboxylic acids is 2. The SMILES string of the molecule is COc1cccc(-n2nc(C)c(CCC(=O)OCC(=O)N3CCOCC3)c2C)c1. The van der Waals surface area contributed by atoms with Crippen LogP contribution in [-0.4, -0.2) is 66.6 Å². The van der Waals surface area contributed by atoms with Crippen molar-refractivity contribution in [2.45, 2.75) is 26.7 Å². The van der Waals surface area contributed by atoms with Crippen LogP contribution in [0.4, 0.5) is 0 Å². The van der Waals surface area contributed by atoms with Gasteiger partial charge < -0.3 is 19.1 Å². The predicted octanol–water partition coefficient (Wildman–Crippen LogP) is 1.83. The van der Waals surface area contributed by atoms with Crippen LogP contribution in [-0.2, 0) is 25.5 Å². The summed E-state index contributed by atoms with van der Waals surface area (Å²) in [7, 11) is 1.63. The molecule has 156 valence electrons. The van der Waals surface area contributed by atoms with Crippen LogP contribution in [0, 0.1) is 13.8 Å². The molecule has 3 rings (SSSR count). The molecule has 1 aliphatic heterocycles. The molecule has 0 bridgehead atoms. The molecule has 29 heavy (non-hydrogen) atoms. The Kier molecular flexibility index (Phi) is 6.87. The van der Waals surface area contributed by atoms with Gasteiger partial charge in [0.2, 0.25) is 0 Å². The number of amides is 1. The minimum atomic E-state index is -0.389. The third-order valence-electron chi connectivity index (χ3n) is 5.04. The number of ether oxygens (including phenoxy) is 3. The highest BCUT2D eigenvalue weighted by molar-refractivity contribution is 5.80. The number of morpholine rings is 1. The average molecular weight is 401 g/mol. The summed E-state index contributed by atoms with van der Waals surface area (Å²) in [5.41, 5.74) is 3.73. The molecule has 0 radical (unpaired) electrons. The smallest absolute Gasteiger partial charge is 0.306 e. The summed E-state index contributed by atoms with van der Waals surface area (Å²) in [4.78, 5) is 25.8. The first-order valence-electron chi connectivity index (χ1n) is 9.70. The van der Waals surface area contributed by atoms with E-state index < -0.39 is 0 Å². The van der Waals surface area contributed by atoms with Crippen molar-refractivity contribution < 1.29 is 23.8 Å². The van der Waals surface area contributed by atoms with Gasteiger partial charge in [0.25, 0.3) is 5.91 Å². The topological polar surface area (TPSA) is 82.9 Å². The van der Waals surface area contributed by atoms with Gasteiger partial charge >= 0.3 is 5.97 Å². The maximum atomic E-state index is 12.1. The van der Waals surface area contributed by atoms with E-state index in [0.29, 0.717) is 32.7 Å². The Hall–Kier alpha value is -2.87. The van der Waals surface area contributed by atoms with E-state index in [9.17, 15) is 9.59 Å². The quantitative estimate of drug-likeness (QED) is 0.659. The zero-order chi connectivity index (χ0) is 20.8. The van der Waals surface area contributed by atoms with E-state index in [4.69, 9.17) is 14.2 Å². The molecular formula is C21H27N3O5. The molecule has 0 unspecified atom stereocenters. The Morgan fingerprint density at radius 3 is 2.69 bits per heavy atom.